The number of benzene rings is 3. The van der Waals surface area contributed by atoms with Crippen molar-refractivity contribution in [3.63, 3.8) is 0 Å². The van der Waals surface area contributed by atoms with Crippen LogP contribution in [0.1, 0.15) is 44.2 Å². The molecule has 0 bridgehead atoms. The number of esters is 1. The molecule has 0 amide bonds. The Morgan fingerprint density at radius 1 is 0.950 bits per heavy atom. The van der Waals surface area contributed by atoms with Crippen LogP contribution in [-0.4, -0.2) is 37.1 Å². The number of carbonyl (C=O) groups excluding carboxylic acids is 1. The molecule has 0 aliphatic carbocycles. The van der Waals surface area contributed by atoms with Crippen molar-refractivity contribution in [3.05, 3.63) is 101 Å². The number of aryl methyl sites for hydroxylation is 1. The van der Waals surface area contributed by atoms with E-state index in [4.69, 9.17) is 14.2 Å². The van der Waals surface area contributed by atoms with Crippen molar-refractivity contribution in [1.29, 1.82) is 0 Å². The molecule has 0 radical (unpaired) electrons. The molecule has 9 heteroatoms. The molecule has 5 rings (SSSR count). The van der Waals surface area contributed by atoms with Gasteiger partial charge in [-0.25, -0.2) is 13.2 Å². The number of aliphatic hydroxyl groups excluding tert-OH is 1. The predicted octanol–water partition coefficient (Wildman–Crippen LogP) is 5.70. The van der Waals surface area contributed by atoms with Crippen LogP contribution in [0.5, 0.6) is 11.5 Å². The Labute approximate surface area is 234 Å². The van der Waals surface area contributed by atoms with Crippen molar-refractivity contribution in [2.75, 3.05) is 13.3 Å². The van der Waals surface area contributed by atoms with Crippen LogP contribution in [0, 0.1) is 5.92 Å². The van der Waals surface area contributed by atoms with E-state index in [0.717, 1.165) is 9.87 Å². The molecule has 0 aromatic heterocycles. The minimum absolute atomic E-state index is 0.0267. The number of ether oxygens (including phenoxy) is 3. The average molecular weight is 564 g/mol. The highest BCUT2D eigenvalue weighted by Crippen LogP contribution is 2.43. The van der Waals surface area contributed by atoms with E-state index in [9.17, 15) is 18.3 Å². The summed E-state index contributed by atoms with van der Waals surface area (Å²) in [6, 6.07) is 22.8. The van der Waals surface area contributed by atoms with E-state index in [1.165, 1.54) is 12.1 Å². The van der Waals surface area contributed by atoms with Gasteiger partial charge in [0.25, 0.3) is 10.0 Å². The lowest BCUT2D eigenvalue weighted by atomic mass is 9.82. The molecule has 0 saturated heterocycles. The van der Waals surface area contributed by atoms with E-state index >= 15 is 0 Å². The Morgan fingerprint density at radius 3 is 2.30 bits per heavy atom. The first-order chi connectivity index (χ1) is 19.2. The molecule has 8 nitrogen and oxygen atoms in total. The summed E-state index contributed by atoms with van der Waals surface area (Å²) in [4.78, 5) is 13.8. The summed E-state index contributed by atoms with van der Waals surface area (Å²) in [6.45, 7) is 4.14. The minimum Gasteiger partial charge on any atom is -0.510 e. The molecule has 2 heterocycles. The van der Waals surface area contributed by atoms with Gasteiger partial charge in [0.2, 0.25) is 6.79 Å². The van der Waals surface area contributed by atoms with E-state index in [2.05, 4.69) is 0 Å². The first kappa shape index (κ1) is 27.6. The van der Waals surface area contributed by atoms with Crippen LogP contribution in [0.3, 0.4) is 0 Å². The first-order valence-electron chi connectivity index (χ1n) is 13.4. The second-order valence-electron chi connectivity index (χ2n) is 10.5. The second kappa shape index (κ2) is 11.3. The van der Waals surface area contributed by atoms with Crippen molar-refractivity contribution in [2.45, 2.75) is 50.0 Å². The summed E-state index contributed by atoms with van der Waals surface area (Å²) in [7, 11) is -4.14. The molecule has 0 spiro atoms. The van der Waals surface area contributed by atoms with Gasteiger partial charge in [-0.3, -0.25) is 4.31 Å². The summed E-state index contributed by atoms with van der Waals surface area (Å²) in [5, 5.41) is 11.4. The first-order valence-corrected chi connectivity index (χ1v) is 14.8. The third kappa shape index (κ3) is 5.51. The monoisotopic (exact) mass is 563 g/mol. The number of hydrogen-bond donors (Lipinski definition) is 1. The lowest BCUT2D eigenvalue weighted by molar-refractivity contribution is -0.163. The number of rotatable bonds is 10. The highest BCUT2D eigenvalue weighted by Gasteiger charge is 2.46. The Bertz CT molecular complexity index is 1500. The highest BCUT2D eigenvalue weighted by atomic mass is 32.2. The summed E-state index contributed by atoms with van der Waals surface area (Å²) >= 11 is 0. The molecule has 0 saturated carbocycles. The molecule has 40 heavy (non-hydrogen) atoms. The van der Waals surface area contributed by atoms with Gasteiger partial charge in [0.1, 0.15) is 11.4 Å². The molecular weight excluding hydrogens is 530 g/mol. The van der Waals surface area contributed by atoms with Crippen molar-refractivity contribution < 1.29 is 32.5 Å². The lowest BCUT2D eigenvalue weighted by Gasteiger charge is -2.40. The number of fused-ring (bicyclic) bond motifs is 1. The van der Waals surface area contributed by atoms with Crippen LogP contribution < -0.4 is 9.47 Å². The average Bonchev–Trinajstić information content (AvgIpc) is 3.42. The van der Waals surface area contributed by atoms with Gasteiger partial charge in [-0.05, 0) is 60.6 Å². The zero-order valence-electron chi connectivity index (χ0n) is 22.6. The Hall–Kier alpha value is -3.98. The number of nitrogens with zero attached hydrogens (tertiary/aromatic N) is 1. The quantitative estimate of drug-likeness (QED) is 0.316. The number of cyclic esters (lactones) is 1. The zero-order valence-corrected chi connectivity index (χ0v) is 23.4. The maximum Gasteiger partial charge on any atom is 0.360 e. The molecule has 210 valence electrons. The van der Waals surface area contributed by atoms with Crippen molar-refractivity contribution >= 4 is 16.0 Å². The number of carbonyl (C=O) groups is 1. The van der Waals surface area contributed by atoms with E-state index in [1.54, 1.807) is 18.2 Å². The maximum atomic E-state index is 13.7. The molecule has 2 aliphatic heterocycles. The minimum atomic E-state index is -4.14. The fraction of sp³-hybridized carbons (Fsp3) is 0.323. The molecule has 2 aliphatic rings. The van der Waals surface area contributed by atoms with Gasteiger partial charge in [-0.15, -0.1) is 0 Å². The maximum absolute atomic E-state index is 13.7. The van der Waals surface area contributed by atoms with Gasteiger partial charge >= 0.3 is 5.97 Å². The SMILES string of the molecule is CC(C)CCN(C1=C(O)CC(CCc2ccc3c(c2)OCO3)(c2ccccc2)OC1=O)S(=O)(=O)c1ccccc1. The second-order valence-corrected chi connectivity index (χ2v) is 12.3. The van der Waals surface area contributed by atoms with Crippen LogP contribution >= 0.6 is 0 Å². The van der Waals surface area contributed by atoms with Crippen LogP contribution in [0.4, 0.5) is 0 Å². The van der Waals surface area contributed by atoms with Gasteiger partial charge in [-0.2, -0.15) is 0 Å². The molecule has 0 fully saturated rings. The van der Waals surface area contributed by atoms with Gasteiger partial charge in [0, 0.05) is 6.54 Å². The molecule has 3 aromatic rings. The lowest BCUT2D eigenvalue weighted by Crippen LogP contribution is -2.44. The molecule has 3 aromatic carbocycles. The standard InChI is InChI=1S/C31H33NO7S/c1-22(2)16-18-32(40(35,36)25-11-7-4-8-12-25)29-26(33)20-31(39-30(29)34,24-9-5-3-6-10-24)17-15-23-13-14-27-28(19-23)38-21-37-27/h3-14,19,22,33H,15-18,20-21H2,1-2H3. The summed E-state index contributed by atoms with van der Waals surface area (Å²) < 4.78 is 45.5. The highest BCUT2D eigenvalue weighted by molar-refractivity contribution is 7.89. The van der Waals surface area contributed by atoms with Gasteiger partial charge in [0.05, 0.1) is 11.3 Å². The van der Waals surface area contributed by atoms with Gasteiger partial charge < -0.3 is 19.3 Å². The smallest absolute Gasteiger partial charge is 0.360 e. The van der Waals surface area contributed by atoms with E-state index in [-0.39, 0.29) is 42.0 Å². The summed E-state index contributed by atoms with van der Waals surface area (Å²) in [5.74, 6) is 0.317. The molecule has 1 N–H and O–H groups in total. The Balaban J connectivity index is 1.51. The normalized spacial score (nSPS) is 18.6. The molecule has 1 unspecified atom stereocenters. The number of hydrogen-bond acceptors (Lipinski definition) is 7. The third-order valence-corrected chi connectivity index (χ3v) is 9.07. The predicted molar refractivity (Wildman–Crippen MR) is 149 cm³/mol. The van der Waals surface area contributed by atoms with Crippen molar-refractivity contribution in [1.82, 2.24) is 4.31 Å². The van der Waals surface area contributed by atoms with E-state index < -0.39 is 21.6 Å². The Kier molecular flexibility index (Phi) is 7.76. The van der Waals surface area contributed by atoms with Gasteiger partial charge in [0.15, 0.2) is 17.2 Å². The van der Waals surface area contributed by atoms with Crippen LogP contribution in [0.25, 0.3) is 0 Å². The largest absolute Gasteiger partial charge is 0.510 e. The van der Waals surface area contributed by atoms with E-state index in [0.29, 0.717) is 36.3 Å². The van der Waals surface area contributed by atoms with Crippen LogP contribution in [0.2, 0.25) is 0 Å². The van der Waals surface area contributed by atoms with Gasteiger partial charge in [-0.1, -0.05) is 68.4 Å². The van der Waals surface area contributed by atoms with Crippen LogP contribution in [-0.2, 0) is 31.6 Å². The summed E-state index contributed by atoms with van der Waals surface area (Å²) in [6.07, 6.45) is 1.30. The van der Waals surface area contributed by atoms with E-state index in [1.807, 2.05) is 62.4 Å². The molecule has 1 atom stereocenters. The van der Waals surface area contributed by atoms with Crippen molar-refractivity contribution in [2.24, 2.45) is 5.92 Å². The third-order valence-electron chi connectivity index (χ3n) is 7.25. The van der Waals surface area contributed by atoms with Crippen LogP contribution in [0.15, 0.2) is 95.2 Å². The number of aliphatic hydroxyl groups is 1. The Morgan fingerprint density at radius 2 is 1.62 bits per heavy atom. The fourth-order valence-electron chi connectivity index (χ4n) is 5.06. The zero-order chi connectivity index (χ0) is 28.3. The fourth-order valence-corrected chi connectivity index (χ4v) is 6.58. The van der Waals surface area contributed by atoms with Crippen molar-refractivity contribution in [3.8, 4) is 11.5 Å². The summed E-state index contributed by atoms with van der Waals surface area (Å²) in [5.41, 5.74) is 0.145. The topological polar surface area (TPSA) is 102 Å². The number of sulfonamides is 1. The molecular formula is C31H33NO7S.